The van der Waals surface area contributed by atoms with Crippen molar-refractivity contribution >= 4 is 11.9 Å². The van der Waals surface area contributed by atoms with Gasteiger partial charge in [-0.2, -0.15) is 5.10 Å². The third-order valence-corrected chi connectivity index (χ3v) is 4.43. The summed E-state index contributed by atoms with van der Waals surface area (Å²) in [6, 6.07) is 1.86. The second-order valence-corrected chi connectivity index (χ2v) is 5.87. The standard InChI is InChI=1S/C14H21N5O2/c1-3-10(2)19-7-4-11(17-19)8-18-12(20)14(16-13(18)21)5-6-15-9-14/h4,7,10,15H,3,5-6,8-9H2,1-2H3,(H,16,21). The number of hydrogen-bond acceptors (Lipinski definition) is 4. The van der Waals surface area contributed by atoms with Crippen LogP contribution >= 0.6 is 0 Å². The monoisotopic (exact) mass is 291 g/mol. The molecule has 2 fully saturated rings. The smallest absolute Gasteiger partial charge is 0.322 e. The van der Waals surface area contributed by atoms with E-state index >= 15 is 0 Å². The molecule has 2 N–H and O–H groups in total. The molecule has 0 bridgehead atoms. The van der Waals surface area contributed by atoms with E-state index in [0.29, 0.717) is 19.0 Å². The Balaban J connectivity index is 1.74. The Bertz CT molecular complexity index is 561. The number of rotatable bonds is 4. The van der Waals surface area contributed by atoms with E-state index in [9.17, 15) is 9.59 Å². The summed E-state index contributed by atoms with van der Waals surface area (Å²) in [6.07, 6.45) is 3.53. The first-order valence-electron chi connectivity index (χ1n) is 7.44. The van der Waals surface area contributed by atoms with Crippen molar-refractivity contribution in [3.05, 3.63) is 18.0 Å². The Morgan fingerprint density at radius 1 is 1.48 bits per heavy atom. The molecule has 7 heteroatoms. The SMILES string of the molecule is CCC(C)n1ccc(CN2C(=O)NC3(CCNC3)C2=O)n1. The van der Waals surface area contributed by atoms with Gasteiger partial charge in [-0.25, -0.2) is 4.79 Å². The second-order valence-electron chi connectivity index (χ2n) is 5.87. The Kier molecular flexibility index (Phi) is 3.44. The summed E-state index contributed by atoms with van der Waals surface area (Å²) in [5.74, 6) is -0.143. The molecule has 1 aromatic heterocycles. The van der Waals surface area contributed by atoms with E-state index in [-0.39, 0.29) is 18.5 Å². The number of urea groups is 1. The normalized spacial score (nSPS) is 26.7. The van der Waals surface area contributed by atoms with Crippen LogP contribution in [0.3, 0.4) is 0 Å². The van der Waals surface area contributed by atoms with Gasteiger partial charge in [0, 0.05) is 18.8 Å². The van der Waals surface area contributed by atoms with Crippen molar-refractivity contribution in [3.63, 3.8) is 0 Å². The third-order valence-electron chi connectivity index (χ3n) is 4.43. The molecular weight excluding hydrogens is 270 g/mol. The zero-order chi connectivity index (χ0) is 15.0. The first-order valence-corrected chi connectivity index (χ1v) is 7.44. The van der Waals surface area contributed by atoms with Crippen molar-refractivity contribution in [2.75, 3.05) is 13.1 Å². The fourth-order valence-corrected chi connectivity index (χ4v) is 2.86. The van der Waals surface area contributed by atoms with Gasteiger partial charge in [-0.1, -0.05) is 6.92 Å². The Labute approximate surface area is 123 Å². The molecule has 2 unspecified atom stereocenters. The summed E-state index contributed by atoms with van der Waals surface area (Å²) in [6.45, 7) is 5.68. The van der Waals surface area contributed by atoms with Gasteiger partial charge in [0.25, 0.3) is 5.91 Å². The van der Waals surface area contributed by atoms with Crippen LogP contribution in [0.4, 0.5) is 4.79 Å². The van der Waals surface area contributed by atoms with Gasteiger partial charge >= 0.3 is 6.03 Å². The van der Waals surface area contributed by atoms with E-state index in [1.165, 1.54) is 4.90 Å². The minimum absolute atomic E-state index is 0.143. The minimum Gasteiger partial charge on any atom is -0.322 e. The molecule has 2 atom stereocenters. The largest absolute Gasteiger partial charge is 0.325 e. The lowest BCUT2D eigenvalue weighted by Gasteiger charge is -2.18. The van der Waals surface area contributed by atoms with Crippen LogP contribution in [-0.4, -0.2) is 45.2 Å². The maximum atomic E-state index is 12.5. The summed E-state index contributed by atoms with van der Waals surface area (Å²) in [5, 5.41) is 10.4. The van der Waals surface area contributed by atoms with Crippen LogP contribution in [0.1, 0.15) is 38.4 Å². The first-order chi connectivity index (χ1) is 10.1. The van der Waals surface area contributed by atoms with Crippen LogP contribution < -0.4 is 10.6 Å². The van der Waals surface area contributed by atoms with E-state index in [1.807, 2.05) is 16.9 Å². The fraction of sp³-hybridized carbons (Fsp3) is 0.643. The second kappa shape index (κ2) is 5.14. The highest BCUT2D eigenvalue weighted by Gasteiger charge is 2.52. The highest BCUT2D eigenvalue weighted by atomic mass is 16.2. The molecule has 2 saturated heterocycles. The van der Waals surface area contributed by atoms with E-state index in [4.69, 9.17) is 0 Å². The molecule has 2 aliphatic heterocycles. The van der Waals surface area contributed by atoms with E-state index in [1.54, 1.807) is 0 Å². The van der Waals surface area contributed by atoms with Crippen LogP contribution in [-0.2, 0) is 11.3 Å². The summed E-state index contributed by atoms with van der Waals surface area (Å²) in [5.41, 5.74) is -0.00194. The van der Waals surface area contributed by atoms with E-state index in [2.05, 4.69) is 29.6 Å². The molecule has 3 amide bonds. The lowest BCUT2D eigenvalue weighted by Crippen LogP contribution is -2.48. The number of nitrogens with one attached hydrogen (secondary N) is 2. The molecule has 2 aliphatic rings. The van der Waals surface area contributed by atoms with Gasteiger partial charge in [0.15, 0.2) is 0 Å². The first kappa shape index (κ1) is 14.1. The van der Waals surface area contributed by atoms with Crippen molar-refractivity contribution in [1.29, 1.82) is 0 Å². The number of nitrogens with zero attached hydrogens (tertiary/aromatic N) is 3. The summed E-state index contributed by atoms with van der Waals surface area (Å²) in [4.78, 5) is 25.9. The zero-order valence-electron chi connectivity index (χ0n) is 12.4. The molecule has 3 heterocycles. The molecule has 1 aromatic rings. The van der Waals surface area contributed by atoms with Gasteiger partial charge in [0.1, 0.15) is 5.54 Å². The summed E-state index contributed by atoms with van der Waals surface area (Å²) in [7, 11) is 0. The van der Waals surface area contributed by atoms with Crippen molar-refractivity contribution in [3.8, 4) is 0 Å². The van der Waals surface area contributed by atoms with Crippen LogP contribution in [0.25, 0.3) is 0 Å². The molecule has 0 saturated carbocycles. The van der Waals surface area contributed by atoms with Crippen molar-refractivity contribution in [2.45, 2.75) is 44.8 Å². The van der Waals surface area contributed by atoms with Gasteiger partial charge in [-0.15, -0.1) is 0 Å². The number of imide groups is 1. The Morgan fingerprint density at radius 2 is 2.29 bits per heavy atom. The lowest BCUT2D eigenvalue weighted by atomic mass is 9.99. The predicted octanol–water partition coefficient (Wildman–Crippen LogP) is 0.638. The summed E-state index contributed by atoms with van der Waals surface area (Å²) >= 11 is 0. The van der Waals surface area contributed by atoms with Crippen LogP contribution in [0.15, 0.2) is 12.3 Å². The number of amides is 3. The Hall–Kier alpha value is -1.89. The average Bonchev–Trinajstić information content (AvgIpc) is 3.17. The Morgan fingerprint density at radius 3 is 2.95 bits per heavy atom. The molecule has 114 valence electrons. The highest BCUT2D eigenvalue weighted by molar-refractivity contribution is 6.07. The molecule has 21 heavy (non-hydrogen) atoms. The van der Waals surface area contributed by atoms with Crippen molar-refractivity contribution in [1.82, 2.24) is 25.3 Å². The van der Waals surface area contributed by atoms with Crippen LogP contribution in [0, 0.1) is 0 Å². The minimum atomic E-state index is -0.740. The summed E-state index contributed by atoms with van der Waals surface area (Å²) < 4.78 is 1.88. The molecule has 0 radical (unpaired) electrons. The predicted molar refractivity (Wildman–Crippen MR) is 76.5 cm³/mol. The van der Waals surface area contributed by atoms with Crippen molar-refractivity contribution < 1.29 is 9.59 Å². The molecular formula is C14H21N5O2. The highest BCUT2D eigenvalue weighted by Crippen LogP contribution is 2.25. The topological polar surface area (TPSA) is 79.3 Å². The molecule has 7 nitrogen and oxygen atoms in total. The van der Waals surface area contributed by atoms with Gasteiger partial charge < -0.3 is 10.6 Å². The van der Waals surface area contributed by atoms with Crippen molar-refractivity contribution in [2.24, 2.45) is 0 Å². The maximum absolute atomic E-state index is 12.5. The number of carbonyl (C=O) groups excluding carboxylic acids is 2. The van der Waals surface area contributed by atoms with Gasteiger partial charge in [-0.3, -0.25) is 14.4 Å². The van der Waals surface area contributed by atoms with Gasteiger partial charge in [0.2, 0.25) is 0 Å². The lowest BCUT2D eigenvalue weighted by molar-refractivity contribution is -0.131. The van der Waals surface area contributed by atoms with Crippen LogP contribution in [0.2, 0.25) is 0 Å². The van der Waals surface area contributed by atoms with Crippen LogP contribution in [0.5, 0.6) is 0 Å². The molecule has 1 spiro atoms. The zero-order valence-corrected chi connectivity index (χ0v) is 12.4. The molecule has 0 aromatic carbocycles. The fourth-order valence-electron chi connectivity index (χ4n) is 2.86. The molecule has 3 rings (SSSR count). The number of hydrogen-bond donors (Lipinski definition) is 2. The van der Waals surface area contributed by atoms with E-state index in [0.717, 1.165) is 18.7 Å². The van der Waals surface area contributed by atoms with Gasteiger partial charge in [0.05, 0.1) is 12.2 Å². The van der Waals surface area contributed by atoms with Gasteiger partial charge in [-0.05, 0) is 32.4 Å². The average molecular weight is 291 g/mol. The quantitative estimate of drug-likeness (QED) is 0.798. The molecule has 0 aliphatic carbocycles. The third kappa shape index (κ3) is 2.31. The maximum Gasteiger partial charge on any atom is 0.325 e. The number of aromatic nitrogens is 2. The van der Waals surface area contributed by atoms with E-state index < -0.39 is 5.54 Å². The number of carbonyl (C=O) groups is 2.